The topological polar surface area (TPSA) is 72.5 Å². The normalized spacial score (nSPS) is 20.9. The maximum Gasteiger partial charge on any atom is 0.337 e. The largest absolute Gasteiger partial charge is 0.465 e. The number of hydrogen-bond donors (Lipinski definition) is 1. The average Bonchev–Trinajstić information content (AvgIpc) is 2.59. The number of methoxy groups -OCH3 is 1. The molecule has 1 N–H and O–H groups in total. The van der Waals surface area contributed by atoms with Crippen molar-refractivity contribution in [1.29, 1.82) is 0 Å². The van der Waals surface area contributed by atoms with Gasteiger partial charge in [0.1, 0.15) is 0 Å². The fourth-order valence-corrected chi connectivity index (χ4v) is 3.81. The molecule has 1 aromatic carbocycles. The van der Waals surface area contributed by atoms with Crippen LogP contribution in [-0.2, 0) is 14.6 Å². The van der Waals surface area contributed by atoms with Gasteiger partial charge in [-0.05, 0) is 24.7 Å². The number of hydrogen-bond acceptors (Lipinski definition) is 5. The molecule has 0 spiro atoms. The van der Waals surface area contributed by atoms with Crippen molar-refractivity contribution in [3.05, 3.63) is 29.3 Å². The summed E-state index contributed by atoms with van der Waals surface area (Å²) >= 11 is 0. The third kappa shape index (κ3) is 1.94. The van der Waals surface area contributed by atoms with Gasteiger partial charge in [0.2, 0.25) is 0 Å². The standard InChI is InChI=1S/C11H13NO4S/c1-12-9-6-17(14,15)10-5-7(11(13)16-2)3-4-8(9)10/h3-5,9,12H,6H2,1-2H3. The molecule has 1 aliphatic rings. The Bertz CT molecular complexity index is 565. The van der Waals surface area contributed by atoms with Crippen LogP contribution < -0.4 is 5.32 Å². The van der Waals surface area contributed by atoms with Gasteiger partial charge in [0, 0.05) is 6.04 Å². The zero-order chi connectivity index (χ0) is 12.6. The number of ether oxygens (including phenoxy) is 1. The molecule has 0 radical (unpaired) electrons. The number of esters is 1. The summed E-state index contributed by atoms with van der Waals surface area (Å²) in [6.07, 6.45) is 0. The highest BCUT2D eigenvalue weighted by Gasteiger charge is 2.34. The van der Waals surface area contributed by atoms with Crippen LogP contribution in [0, 0.1) is 0 Å². The van der Waals surface area contributed by atoms with Gasteiger partial charge in [-0.15, -0.1) is 0 Å². The van der Waals surface area contributed by atoms with Gasteiger partial charge in [0.15, 0.2) is 9.84 Å². The third-order valence-corrected chi connectivity index (χ3v) is 4.68. The molecule has 0 saturated heterocycles. The second-order valence-corrected chi connectivity index (χ2v) is 5.87. The molecular formula is C11H13NO4S. The van der Waals surface area contributed by atoms with Crippen LogP contribution in [0.1, 0.15) is 22.0 Å². The van der Waals surface area contributed by atoms with Gasteiger partial charge in [-0.3, -0.25) is 0 Å². The highest BCUT2D eigenvalue weighted by molar-refractivity contribution is 7.91. The first-order valence-corrected chi connectivity index (χ1v) is 6.77. The number of carbonyl (C=O) groups is 1. The molecule has 0 aliphatic carbocycles. The van der Waals surface area contributed by atoms with Crippen LogP contribution in [0.2, 0.25) is 0 Å². The molecule has 5 nitrogen and oxygen atoms in total. The molecule has 0 bridgehead atoms. The summed E-state index contributed by atoms with van der Waals surface area (Å²) in [6.45, 7) is 0. The lowest BCUT2D eigenvalue weighted by atomic mass is 10.1. The summed E-state index contributed by atoms with van der Waals surface area (Å²) in [5, 5.41) is 2.94. The fraction of sp³-hybridized carbons (Fsp3) is 0.364. The number of carbonyl (C=O) groups excluding carboxylic acids is 1. The zero-order valence-corrected chi connectivity index (χ0v) is 10.4. The van der Waals surface area contributed by atoms with E-state index >= 15 is 0 Å². The first-order chi connectivity index (χ1) is 7.99. The van der Waals surface area contributed by atoms with Crippen LogP contribution in [0.4, 0.5) is 0 Å². The number of sulfone groups is 1. The van der Waals surface area contributed by atoms with Crippen LogP contribution in [0.25, 0.3) is 0 Å². The zero-order valence-electron chi connectivity index (χ0n) is 9.56. The minimum atomic E-state index is -3.30. The second kappa shape index (κ2) is 4.12. The molecule has 1 aromatic rings. The molecule has 1 aliphatic heterocycles. The first kappa shape index (κ1) is 12.1. The minimum Gasteiger partial charge on any atom is -0.465 e. The highest BCUT2D eigenvalue weighted by Crippen LogP contribution is 2.33. The van der Waals surface area contributed by atoms with Crippen LogP contribution >= 0.6 is 0 Å². The van der Waals surface area contributed by atoms with E-state index in [0.717, 1.165) is 0 Å². The summed E-state index contributed by atoms with van der Waals surface area (Å²) in [6, 6.07) is 4.42. The van der Waals surface area contributed by atoms with E-state index in [9.17, 15) is 13.2 Å². The summed E-state index contributed by atoms with van der Waals surface area (Å²) in [4.78, 5) is 11.6. The summed E-state index contributed by atoms with van der Waals surface area (Å²) in [5.74, 6) is -0.500. The maximum absolute atomic E-state index is 11.9. The van der Waals surface area contributed by atoms with E-state index < -0.39 is 15.8 Å². The molecule has 2 rings (SSSR count). The molecule has 1 atom stereocenters. The number of rotatable bonds is 2. The van der Waals surface area contributed by atoms with E-state index in [1.54, 1.807) is 19.2 Å². The summed E-state index contributed by atoms with van der Waals surface area (Å²) in [5.41, 5.74) is 0.965. The molecule has 6 heteroatoms. The van der Waals surface area contributed by atoms with Gasteiger partial charge in [0.25, 0.3) is 0 Å². The molecular weight excluding hydrogens is 242 g/mol. The number of benzene rings is 1. The van der Waals surface area contributed by atoms with Gasteiger partial charge >= 0.3 is 5.97 Å². The van der Waals surface area contributed by atoms with Crippen LogP contribution in [0.3, 0.4) is 0 Å². The Morgan fingerprint density at radius 1 is 1.47 bits per heavy atom. The third-order valence-electron chi connectivity index (χ3n) is 2.88. The molecule has 17 heavy (non-hydrogen) atoms. The van der Waals surface area contributed by atoms with Gasteiger partial charge < -0.3 is 10.1 Å². The molecule has 0 aromatic heterocycles. The van der Waals surface area contributed by atoms with Crippen LogP contribution in [-0.4, -0.2) is 34.3 Å². The quantitative estimate of drug-likeness (QED) is 0.780. The van der Waals surface area contributed by atoms with Crippen molar-refractivity contribution in [3.63, 3.8) is 0 Å². The monoisotopic (exact) mass is 255 g/mol. The van der Waals surface area contributed by atoms with Gasteiger partial charge in [-0.2, -0.15) is 0 Å². The average molecular weight is 255 g/mol. The Hall–Kier alpha value is -1.40. The van der Waals surface area contributed by atoms with E-state index in [2.05, 4.69) is 10.1 Å². The van der Waals surface area contributed by atoms with E-state index in [1.165, 1.54) is 13.2 Å². The van der Waals surface area contributed by atoms with Crippen LogP contribution in [0.5, 0.6) is 0 Å². The van der Waals surface area contributed by atoms with Crippen molar-refractivity contribution in [2.75, 3.05) is 19.9 Å². The van der Waals surface area contributed by atoms with E-state index in [1.807, 2.05) is 0 Å². The lowest BCUT2D eigenvalue weighted by molar-refractivity contribution is 0.0600. The number of nitrogens with one attached hydrogen (secondary N) is 1. The Kier molecular flexibility index (Phi) is 2.92. The molecule has 1 heterocycles. The van der Waals surface area contributed by atoms with Gasteiger partial charge in [-0.1, -0.05) is 6.07 Å². The van der Waals surface area contributed by atoms with E-state index in [4.69, 9.17) is 0 Å². The van der Waals surface area contributed by atoms with Crippen molar-refractivity contribution >= 4 is 15.8 Å². The Morgan fingerprint density at radius 3 is 2.76 bits per heavy atom. The van der Waals surface area contributed by atoms with E-state index in [0.29, 0.717) is 5.56 Å². The predicted molar refractivity (Wildman–Crippen MR) is 61.6 cm³/mol. The van der Waals surface area contributed by atoms with Crippen molar-refractivity contribution in [3.8, 4) is 0 Å². The lowest BCUT2D eigenvalue weighted by Gasteiger charge is -2.07. The molecule has 92 valence electrons. The SMILES string of the molecule is CNC1CS(=O)(=O)c2cc(C(=O)OC)ccc21. The molecule has 1 unspecified atom stereocenters. The first-order valence-electron chi connectivity index (χ1n) is 5.12. The maximum atomic E-state index is 11.9. The van der Waals surface area contributed by atoms with Gasteiger partial charge in [-0.25, -0.2) is 13.2 Å². The van der Waals surface area contributed by atoms with Crippen molar-refractivity contribution < 1.29 is 17.9 Å². The van der Waals surface area contributed by atoms with E-state index in [-0.39, 0.29) is 22.3 Å². The Labute approximate surface area is 99.7 Å². The van der Waals surface area contributed by atoms with Gasteiger partial charge in [0.05, 0.1) is 23.3 Å². The predicted octanol–water partition coefficient (Wildman–Crippen LogP) is 0.521. The fourth-order valence-electron chi connectivity index (χ4n) is 1.97. The summed E-state index contributed by atoms with van der Waals surface area (Å²) < 4.78 is 28.4. The second-order valence-electron chi connectivity index (χ2n) is 3.87. The molecule has 0 amide bonds. The van der Waals surface area contributed by atoms with Crippen LogP contribution in [0.15, 0.2) is 23.1 Å². The molecule has 0 saturated carbocycles. The number of fused-ring (bicyclic) bond motifs is 1. The Morgan fingerprint density at radius 2 is 2.18 bits per heavy atom. The van der Waals surface area contributed by atoms with Crippen molar-refractivity contribution in [2.24, 2.45) is 0 Å². The minimum absolute atomic E-state index is 0.0312. The smallest absolute Gasteiger partial charge is 0.337 e. The summed E-state index contributed by atoms with van der Waals surface area (Å²) in [7, 11) is -0.325. The molecule has 0 fully saturated rings. The lowest BCUT2D eigenvalue weighted by Crippen LogP contribution is -2.17. The van der Waals surface area contributed by atoms with Crippen molar-refractivity contribution in [2.45, 2.75) is 10.9 Å². The highest BCUT2D eigenvalue weighted by atomic mass is 32.2. The van der Waals surface area contributed by atoms with Crippen molar-refractivity contribution in [1.82, 2.24) is 5.32 Å². The Balaban J connectivity index is 2.56.